The molecular weight excluding hydrogens is 402 g/mol. The van der Waals surface area contributed by atoms with Crippen LogP contribution in [0.3, 0.4) is 0 Å². The van der Waals surface area contributed by atoms with Crippen LogP contribution in [-0.2, 0) is 11.2 Å². The number of pyridine rings is 1. The highest BCUT2D eigenvalue weighted by atomic mass is 16.5. The minimum Gasteiger partial charge on any atom is -0.495 e. The quantitative estimate of drug-likeness (QED) is 0.658. The lowest BCUT2D eigenvalue weighted by molar-refractivity contribution is -0.106. The maximum Gasteiger partial charge on any atom is 0.174 e. The van der Waals surface area contributed by atoms with Crippen LogP contribution < -0.4 is 14.8 Å². The number of nitriles is 1. The van der Waals surface area contributed by atoms with Gasteiger partial charge in [0.25, 0.3) is 0 Å². The van der Waals surface area contributed by atoms with Crippen LogP contribution in [0, 0.1) is 11.3 Å². The Labute approximate surface area is 188 Å². The summed E-state index contributed by atoms with van der Waals surface area (Å²) in [5, 5.41) is 24.1. The Morgan fingerprint density at radius 3 is 2.44 bits per heavy atom. The number of methoxy groups -OCH3 is 1. The maximum absolute atomic E-state index is 12.2. The molecule has 2 aliphatic rings. The van der Waals surface area contributed by atoms with Gasteiger partial charge in [-0.2, -0.15) is 5.26 Å². The molecule has 0 bridgehead atoms. The number of ether oxygens (including phenoxy) is 2. The third kappa shape index (κ3) is 3.13. The molecule has 3 atom stereocenters. The summed E-state index contributed by atoms with van der Waals surface area (Å²) in [6.07, 6.45) is 4.54. The molecule has 6 heteroatoms. The van der Waals surface area contributed by atoms with Crippen molar-refractivity contribution in [1.29, 1.82) is 5.26 Å². The van der Waals surface area contributed by atoms with Crippen molar-refractivity contribution in [3.63, 3.8) is 0 Å². The van der Waals surface area contributed by atoms with Crippen LogP contribution in [0.4, 0.5) is 0 Å². The Hall–Kier alpha value is -3.40. The van der Waals surface area contributed by atoms with Crippen molar-refractivity contribution >= 4 is 0 Å². The van der Waals surface area contributed by atoms with E-state index in [1.54, 1.807) is 31.6 Å². The number of rotatable bonds is 3. The summed E-state index contributed by atoms with van der Waals surface area (Å²) < 4.78 is 12.2. The molecular formula is C26H27N3O3. The summed E-state index contributed by atoms with van der Waals surface area (Å²) in [7, 11) is 5.33. The highest BCUT2D eigenvalue weighted by Crippen LogP contribution is 2.67. The first-order chi connectivity index (χ1) is 15.6. The first kappa shape index (κ1) is 21.8. The molecule has 1 saturated carbocycles. The predicted molar refractivity (Wildman–Crippen MR) is 122 cm³/mol. The number of benzene rings is 2. The molecule has 1 aromatic heterocycles. The number of aliphatic hydroxyl groups is 1. The van der Waals surface area contributed by atoms with Crippen molar-refractivity contribution in [3.05, 3.63) is 89.2 Å². The molecule has 1 aliphatic heterocycles. The van der Waals surface area contributed by atoms with Crippen LogP contribution in [0.1, 0.15) is 41.0 Å². The van der Waals surface area contributed by atoms with Gasteiger partial charge >= 0.3 is 0 Å². The van der Waals surface area contributed by atoms with E-state index >= 15 is 0 Å². The molecule has 0 amide bonds. The summed E-state index contributed by atoms with van der Waals surface area (Å²) in [4.78, 5) is 4.23. The third-order valence-corrected chi connectivity index (χ3v) is 6.33. The Morgan fingerprint density at radius 1 is 1.12 bits per heavy atom. The number of hydrogen-bond donors (Lipinski definition) is 2. The van der Waals surface area contributed by atoms with Crippen LogP contribution in [0.2, 0.25) is 0 Å². The second kappa shape index (κ2) is 8.62. The zero-order valence-corrected chi connectivity index (χ0v) is 18.5. The minimum absolute atomic E-state index is 0.0706. The van der Waals surface area contributed by atoms with Gasteiger partial charge in [0.1, 0.15) is 17.1 Å². The molecule has 0 radical (unpaired) electrons. The van der Waals surface area contributed by atoms with Gasteiger partial charge in [0, 0.05) is 5.92 Å². The second-order valence-corrected chi connectivity index (χ2v) is 8.10. The Morgan fingerprint density at radius 2 is 1.81 bits per heavy atom. The van der Waals surface area contributed by atoms with Crippen molar-refractivity contribution in [2.24, 2.45) is 0 Å². The number of nitrogens with zero attached hydrogens (tertiary/aromatic N) is 2. The summed E-state index contributed by atoms with van der Waals surface area (Å²) >= 11 is 0. The van der Waals surface area contributed by atoms with E-state index in [1.165, 1.54) is 0 Å². The van der Waals surface area contributed by atoms with Crippen LogP contribution in [0.5, 0.6) is 11.5 Å². The lowest BCUT2D eigenvalue weighted by Crippen LogP contribution is -2.48. The first-order valence-corrected chi connectivity index (χ1v) is 10.6. The van der Waals surface area contributed by atoms with Crippen molar-refractivity contribution in [1.82, 2.24) is 10.3 Å². The number of nitrogens with one attached hydrogen (secondary N) is 1. The Balaban J connectivity index is 0.000000775. The zero-order chi connectivity index (χ0) is 22.8. The standard InChI is InChI=1S/C24H20N2O3.C2H7N/c1-28-20-14-26-15-21-22(20)23(27)12-11-19(17-5-3-2-4-6-17)24(23,29-21)18-9-7-16(13-25)8-10-18;1-3-2/h2-10,14-15,19,27H,11-12H2,1H3;3H,1-2H3/t19-,23+,24-;/m0./s1. The second-order valence-electron chi connectivity index (χ2n) is 8.10. The summed E-state index contributed by atoms with van der Waals surface area (Å²) in [6.45, 7) is 0. The van der Waals surface area contributed by atoms with E-state index in [0.717, 1.165) is 17.5 Å². The topological polar surface area (TPSA) is 87.4 Å². The van der Waals surface area contributed by atoms with Crippen molar-refractivity contribution < 1.29 is 14.6 Å². The lowest BCUT2D eigenvalue weighted by atomic mass is 9.71. The normalized spacial score (nSPS) is 24.9. The van der Waals surface area contributed by atoms with E-state index in [2.05, 4.69) is 28.5 Å². The molecule has 32 heavy (non-hydrogen) atoms. The van der Waals surface area contributed by atoms with Crippen molar-refractivity contribution in [3.8, 4) is 17.6 Å². The number of hydrogen-bond acceptors (Lipinski definition) is 6. The fraction of sp³-hybridized carbons (Fsp3) is 0.308. The highest BCUT2D eigenvalue weighted by molar-refractivity contribution is 5.57. The monoisotopic (exact) mass is 429 g/mol. The molecule has 1 fully saturated rings. The minimum atomic E-state index is -1.27. The molecule has 2 heterocycles. The summed E-state index contributed by atoms with van der Waals surface area (Å²) in [6, 6.07) is 19.6. The zero-order valence-electron chi connectivity index (χ0n) is 18.5. The molecule has 0 unspecified atom stereocenters. The highest BCUT2D eigenvalue weighted by Gasteiger charge is 2.69. The van der Waals surface area contributed by atoms with Crippen molar-refractivity contribution in [2.45, 2.75) is 30.0 Å². The van der Waals surface area contributed by atoms with Gasteiger partial charge in [-0.25, -0.2) is 0 Å². The fourth-order valence-electron chi connectivity index (χ4n) is 5.11. The Bertz CT molecular complexity index is 1130. The number of aromatic nitrogens is 1. The smallest absolute Gasteiger partial charge is 0.174 e. The molecule has 164 valence electrons. The van der Waals surface area contributed by atoms with Gasteiger partial charge in [-0.05, 0) is 50.2 Å². The maximum atomic E-state index is 12.2. The van der Waals surface area contributed by atoms with Crippen LogP contribution in [-0.4, -0.2) is 31.3 Å². The van der Waals surface area contributed by atoms with E-state index in [-0.39, 0.29) is 5.92 Å². The average Bonchev–Trinajstić information content (AvgIpc) is 3.27. The molecule has 2 aromatic carbocycles. The molecule has 0 saturated heterocycles. The first-order valence-electron chi connectivity index (χ1n) is 10.6. The van der Waals surface area contributed by atoms with Crippen LogP contribution in [0.25, 0.3) is 0 Å². The van der Waals surface area contributed by atoms with E-state index < -0.39 is 11.2 Å². The van der Waals surface area contributed by atoms with E-state index in [0.29, 0.717) is 29.0 Å². The van der Waals surface area contributed by atoms with Gasteiger partial charge < -0.3 is 19.9 Å². The van der Waals surface area contributed by atoms with E-state index in [9.17, 15) is 10.4 Å². The number of fused-ring (bicyclic) bond motifs is 3. The fourth-order valence-corrected chi connectivity index (χ4v) is 5.11. The molecule has 6 nitrogen and oxygen atoms in total. The van der Waals surface area contributed by atoms with Gasteiger partial charge in [0.15, 0.2) is 5.60 Å². The van der Waals surface area contributed by atoms with Gasteiger partial charge in [-0.3, -0.25) is 4.98 Å². The molecule has 5 rings (SSSR count). The predicted octanol–water partition coefficient (Wildman–Crippen LogP) is 3.85. The van der Waals surface area contributed by atoms with E-state index in [4.69, 9.17) is 9.47 Å². The van der Waals surface area contributed by atoms with Gasteiger partial charge in [-0.15, -0.1) is 0 Å². The van der Waals surface area contributed by atoms with E-state index in [1.807, 2.05) is 44.4 Å². The summed E-state index contributed by atoms with van der Waals surface area (Å²) in [5.74, 6) is 0.991. The lowest BCUT2D eigenvalue weighted by Gasteiger charge is -2.40. The third-order valence-electron chi connectivity index (χ3n) is 6.33. The van der Waals surface area contributed by atoms with Crippen LogP contribution in [0.15, 0.2) is 67.0 Å². The molecule has 3 aromatic rings. The van der Waals surface area contributed by atoms with Gasteiger partial charge in [0.05, 0.1) is 36.7 Å². The van der Waals surface area contributed by atoms with Gasteiger partial charge in [0.2, 0.25) is 0 Å². The van der Waals surface area contributed by atoms with Crippen LogP contribution >= 0.6 is 0 Å². The van der Waals surface area contributed by atoms with Crippen molar-refractivity contribution in [2.75, 3.05) is 21.2 Å². The molecule has 2 N–H and O–H groups in total. The largest absolute Gasteiger partial charge is 0.495 e. The molecule has 0 spiro atoms. The summed E-state index contributed by atoms with van der Waals surface area (Å²) in [5.41, 5.74) is 0.860. The Kier molecular flexibility index (Phi) is 5.88. The SMILES string of the molecule is CNC.COc1cncc2c1[C@]1(O)CC[C@@H](c3ccccc3)[C@]1(c1ccc(C#N)cc1)O2. The average molecular weight is 430 g/mol. The molecule has 1 aliphatic carbocycles. The van der Waals surface area contributed by atoms with Gasteiger partial charge in [-0.1, -0.05) is 42.5 Å².